The zero-order valence-electron chi connectivity index (χ0n) is 15.7. The monoisotopic (exact) mass is 420 g/mol. The first-order chi connectivity index (χ1) is 13.8. The number of amides is 2. The summed E-state index contributed by atoms with van der Waals surface area (Å²) in [6.07, 6.45) is -4.39. The summed E-state index contributed by atoms with van der Waals surface area (Å²) in [5, 5.41) is 3.60. The van der Waals surface area contributed by atoms with Gasteiger partial charge in [-0.05, 0) is 42.8 Å². The number of aryl methyl sites for hydroxylation is 1. The van der Waals surface area contributed by atoms with Crippen molar-refractivity contribution in [1.29, 1.82) is 0 Å². The molecule has 3 aromatic rings. The lowest BCUT2D eigenvalue weighted by Crippen LogP contribution is -2.50. The molecule has 0 bridgehead atoms. The third kappa shape index (κ3) is 4.14. The quantitative estimate of drug-likeness (QED) is 0.636. The maximum Gasteiger partial charge on any atom is 0.416 e. The minimum atomic E-state index is -4.39. The fourth-order valence-corrected chi connectivity index (χ4v) is 4.35. The summed E-state index contributed by atoms with van der Waals surface area (Å²) >= 11 is 1.64. The Morgan fingerprint density at radius 2 is 1.76 bits per heavy atom. The smallest absolute Gasteiger partial charge is 0.345 e. The second-order valence-corrected chi connectivity index (χ2v) is 7.91. The topological polar surface area (TPSA) is 48.5 Å². The minimum Gasteiger partial charge on any atom is -0.345 e. The zero-order chi connectivity index (χ0) is 20.6. The molecule has 1 N–H and O–H groups in total. The maximum absolute atomic E-state index is 12.6. The Bertz CT molecular complexity index is 1020. The Balaban J connectivity index is 1.36. The minimum absolute atomic E-state index is 0.315. The van der Waals surface area contributed by atoms with Gasteiger partial charge in [-0.1, -0.05) is 23.5 Å². The first kappa shape index (κ1) is 19.5. The van der Waals surface area contributed by atoms with Gasteiger partial charge in [-0.3, -0.25) is 0 Å². The van der Waals surface area contributed by atoms with Crippen LogP contribution < -0.4 is 10.2 Å². The van der Waals surface area contributed by atoms with Crippen molar-refractivity contribution in [2.24, 2.45) is 0 Å². The first-order valence-electron chi connectivity index (χ1n) is 9.15. The van der Waals surface area contributed by atoms with E-state index >= 15 is 0 Å². The molecule has 4 rings (SSSR count). The lowest BCUT2D eigenvalue weighted by Gasteiger charge is -2.34. The van der Waals surface area contributed by atoms with Crippen molar-refractivity contribution >= 4 is 38.4 Å². The van der Waals surface area contributed by atoms with E-state index in [2.05, 4.69) is 16.3 Å². The molecule has 1 aliphatic heterocycles. The van der Waals surface area contributed by atoms with Crippen LogP contribution in [0.5, 0.6) is 0 Å². The number of fused-ring (bicyclic) bond motifs is 1. The number of rotatable bonds is 2. The number of piperazine rings is 1. The molecule has 1 saturated heterocycles. The van der Waals surface area contributed by atoms with Gasteiger partial charge in [0.1, 0.15) is 0 Å². The number of urea groups is 1. The van der Waals surface area contributed by atoms with Crippen molar-refractivity contribution in [1.82, 2.24) is 9.88 Å². The summed E-state index contributed by atoms with van der Waals surface area (Å²) in [4.78, 5) is 21.0. The molecule has 2 heterocycles. The van der Waals surface area contributed by atoms with Crippen LogP contribution in [-0.2, 0) is 6.18 Å². The van der Waals surface area contributed by atoms with Crippen LogP contribution in [0.3, 0.4) is 0 Å². The highest BCUT2D eigenvalue weighted by molar-refractivity contribution is 7.22. The standard InChI is InChI=1S/C20H19F3N4OS/c1-13-3-2-4-16-17(13)25-19(29-16)27-11-9-26(10-12-27)18(28)24-15-7-5-14(6-8-15)20(21,22)23/h2-8H,9-12H2,1H3,(H,24,28). The molecule has 0 atom stereocenters. The second-order valence-electron chi connectivity index (χ2n) is 6.90. The molecule has 1 fully saturated rings. The third-order valence-corrected chi connectivity index (χ3v) is 5.99. The average molecular weight is 420 g/mol. The molecule has 152 valence electrons. The molecule has 0 radical (unpaired) electrons. The van der Waals surface area contributed by atoms with Crippen molar-refractivity contribution in [2.45, 2.75) is 13.1 Å². The summed E-state index contributed by atoms with van der Waals surface area (Å²) in [6.45, 7) is 4.37. The Hall–Kier alpha value is -2.81. The van der Waals surface area contributed by atoms with Gasteiger partial charge in [0.15, 0.2) is 5.13 Å². The number of nitrogens with one attached hydrogen (secondary N) is 1. The van der Waals surface area contributed by atoms with E-state index in [1.165, 1.54) is 12.1 Å². The summed E-state index contributed by atoms with van der Waals surface area (Å²) < 4.78 is 39.0. The molecule has 5 nitrogen and oxygen atoms in total. The summed E-state index contributed by atoms with van der Waals surface area (Å²) in [7, 11) is 0. The molecule has 0 saturated carbocycles. The largest absolute Gasteiger partial charge is 0.416 e. The Labute approximate surface area is 169 Å². The number of hydrogen-bond donors (Lipinski definition) is 1. The van der Waals surface area contributed by atoms with Gasteiger partial charge in [0.05, 0.1) is 15.8 Å². The van der Waals surface area contributed by atoms with Crippen molar-refractivity contribution in [3.8, 4) is 0 Å². The Morgan fingerprint density at radius 1 is 1.07 bits per heavy atom. The SMILES string of the molecule is Cc1cccc2sc(N3CCN(C(=O)Nc4ccc(C(F)(F)F)cc4)CC3)nc12. The number of nitrogens with zero attached hydrogens (tertiary/aromatic N) is 3. The van der Waals surface area contributed by atoms with Gasteiger partial charge in [0, 0.05) is 31.9 Å². The van der Waals surface area contributed by atoms with Crippen LogP contribution in [0.4, 0.5) is 28.8 Å². The second kappa shape index (κ2) is 7.55. The molecule has 0 spiro atoms. The van der Waals surface area contributed by atoms with E-state index in [0.717, 1.165) is 33.0 Å². The van der Waals surface area contributed by atoms with Crippen LogP contribution >= 0.6 is 11.3 Å². The molecule has 0 aliphatic carbocycles. The van der Waals surface area contributed by atoms with Crippen molar-refractivity contribution < 1.29 is 18.0 Å². The van der Waals surface area contributed by atoms with Crippen LogP contribution in [-0.4, -0.2) is 42.1 Å². The third-order valence-electron chi connectivity index (χ3n) is 4.91. The van der Waals surface area contributed by atoms with Gasteiger partial charge >= 0.3 is 12.2 Å². The predicted molar refractivity (Wildman–Crippen MR) is 109 cm³/mol. The van der Waals surface area contributed by atoms with Crippen LogP contribution in [0.25, 0.3) is 10.2 Å². The molecule has 1 aliphatic rings. The molecule has 0 unspecified atom stereocenters. The molecular weight excluding hydrogens is 401 g/mol. The predicted octanol–water partition coefficient (Wildman–Crippen LogP) is 4.98. The van der Waals surface area contributed by atoms with E-state index < -0.39 is 11.7 Å². The number of halogens is 3. The normalized spacial score (nSPS) is 15.0. The van der Waals surface area contributed by atoms with Crippen LogP contribution in [0, 0.1) is 6.92 Å². The molecule has 2 amide bonds. The maximum atomic E-state index is 12.6. The van der Waals surface area contributed by atoms with Crippen LogP contribution in [0.2, 0.25) is 0 Å². The van der Waals surface area contributed by atoms with Gasteiger partial charge in [0.25, 0.3) is 0 Å². The number of para-hydroxylation sites is 1. The van der Waals surface area contributed by atoms with Gasteiger partial charge < -0.3 is 15.1 Å². The number of aromatic nitrogens is 1. The molecule has 1 aromatic heterocycles. The summed E-state index contributed by atoms with van der Waals surface area (Å²) in [5.74, 6) is 0. The lowest BCUT2D eigenvalue weighted by atomic mass is 10.2. The van der Waals surface area contributed by atoms with Crippen molar-refractivity contribution in [3.05, 3.63) is 53.6 Å². The van der Waals surface area contributed by atoms with Gasteiger partial charge in [-0.25, -0.2) is 9.78 Å². The highest BCUT2D eigenvalue weighted by Crippen LogP contribution is 2.31. The summed E-state index contributed by atoms with van der Waals surface area (Å²) in [6, 6.07) is 10.2. The Morgan fingerprint density at radius 3 is 2.38 bits per heavy atom. The average Bonchev–Trinajstić information content (AvgIpc) is 3.14. The number of alkyl halides is 3. The van der Waals surface area contributed by atoms with Gasteiger partial charge in [-0.2, -0.15) is 13.2 Å². The van der Waals surface area contributed by atoms with Crippen molar-refractivity contribution in [2.75, 3.05) is 36.4 Å². The molecular formula is C20H19F3N4OS. The number of carbonyl (C=O) groups is 1. The fraction of sp³-hybridized carbons (Fsp3) is 0.300. The van der Waals surface area contributed by atoms with Gasteiger partial charge in [0.2, 0.25) is 0 Å². The van der Waals surface area contributed by atoms with E-state index in [4.69, 9.17) is 4.98 Å². The van der Waals surface area contributed by atoms with Gasteiger partial charge in [-0.15, -0.1) is 0 Å². The molecule has 9 heteroatoms. The zero-order valence-corrected chi connectivity index (χ0v) is 16.5. The number of benzene rings is 2. The van der Waals surface area contributed by atoms with E-state index in [0.29, 0.717) is 31.9 Å². The van der Waals surface area contributed by atoms with Crippen LogP contribution in [0.15, 0.2) is 42.5 Å². The highest BCUT2D eigenvalue weighted by atomic mass is 32.1. The number of thiazole rings is 1. The first-order valence-corrected chi connectivity index (χ1v) is 9.97. The lowest BCUT2D eigenvalue weighted by molar-refractivity contribution is -0.137. The highest BCUT2D eigenvalue weighted by Gasteiger charge is 2.30. The Kier molecular flexibility index (Phi) is 5.08. The van der Waals surface area contributed by atoms with Crippen molar-refractivity contribution in [3.63, 3.8) is 0 Å². The van der Waals surface area contributed by atoms with E-state index in [-0.39, 0.29) is 6.03 Å². The number of carbonyl (C=O) groups excluding carboxylic acids is 1. The number of anilines is 2. The molecule has 29 heavy (non-hydrogen) atoms. The number of hydrogen-bond acceptors (Lipinski definition) is 4. The van der Waals surface area contributed by atoms with E-state index in [1.54, 1.807) is 16.2 Å². The van der Waals surface area contributed by atoms with Crippen LogP contribution in [0.1, 0.15) is 11.1 Å². The van der Waals surface area contributed by atoms with E-state index in [9.17, 15) is 18.0 Å². The molecule has 2 aromatic carbocycles. The summed E-state index contributed by atoms with van der Waals surface area (Å²) in [5.41, 5.74) is 1.75. The van der Waals surface area contributed by atoms with E-state index in [1.807, 2.05) is 19.1 Å². The fourth-order valence-electron chi connectivity index (χ4n) is 3.26.